The molecule has 1 fully saturated rings. The Bertz CT molecular complexity index is 619. The van der Waals surface area contributed by atoms with Crippen LogP contribution in [-0.4, -0.2) is 27.9 Å². The number of nitrogens with one attached hydrogen (secondary N) is 1. The summed E-state index contributed by atoms with van der Waals surface area (Å²) in [6.07, 6.45) is 1.91. The molecule has 0 saturated heterocycles. The summed E-state index contributed by atoms with van der Waals surface area (Å²) >= 11 is 5.93. The van der Waals surface area contributed by atoms with Gasteiger partial charge < -0.3 is 10.4 Å². The number of nitro groups is 1. The van der Waals surface area contributed by atoms with Gasteiger partial charge in [0.25, 0.3) is 5.69 Å². The van der Waals surface area contributed by atoms with Crippen molar-refractivity contribution in [3.63, 3.8) is 0 Å². The third kappa shape index (κ3) is 3.73. The fraction of sp³-hybridized carbons (Fsp3) is 0.429. The molecule has 0 aromatic heterocycles. The van der Waals surface area contributed by atoms with Gasteiger partial charge in [-0.15, -0.1) is 0 Å². The Morgan fingerprint density at radius 3 is 2.73 bits per heavy atom. The minimum atomic E-state index is -0.906. The number of hydrogen-bond acceptors (Lipinski definition) is 4. The molecule has 1 aliphatic rings. The minimum Gasteiger partial charge on any atom is -0.481 e. The molecule has 0 aliphatic heterocycles. The number of nitrogens with zero attached hydrogens (tertiary/aromatic N) is 1. The molecule has 7 nitrogen and oxygen atoms in total. The zero-order valence-electron chi connectivity index (χ0n) is 11.6. The summed E-state index contributed by atoms with van der Waals surface area (Å²) in [5.74, 6) is -1.80. The number of aliphatic carboxylic acids is 1. The SMILES string of the molecule is O=C(Cc1ccc([N+](=O)[O-])cc1Cl)N[C@H]1CCC[C@H]1C(=O)O. The molecule has 0 unspecified atom stereocenters. The van der Waals surface area contributed by atoms with Crippen LogP contribution >= 0.6 is 11.6 Å². The van der Waals surface area contributed by atoms with Crippen LogP contribution in [0, 0.1) is 16.0 Å². The van der Waals surface area contributed by atoms with Crippen LogP contribution in [0.25, 0.3) is 0 Å². The van der Waals surface area contributed by atoms with E-state index in [0.29, 0.717) is 18.4 Å². The van der Waals surface area contributed by atoms with E-state index in [2.05, 4.69) is 5.32 Å². The van der Waals surface area contributed by atoms with Crippen LogP contribution in [0.3, 0.4) is 0 Å². The maximum Gasteiger partial charge on any atom is 0.308 e. The molecule has 1 saturated carbocycles. The van der Waals surface area contributed by atoms with Crippen molar-refractivity contribution >= 4 is 29.2 Å². The Morgan fingerprint density at radius 2 is 2.14 bits per heavy atom. The van der Waals surface area contributed by atoms with E-state index in [-0.39, 0.29) is 29.1 Å². The van der Waals surface area contributed by atoms with Crippen LogP contribution < -0.4 is 5.32 Å². The van der Waals surface area contributed by atoms with E-state index in [1.807, 2.05) is 0 Å². The van der Waals surface area contributed by atoms with E-state index < -0.39 is 16.8 Å². The summed E-state index contributed by atoms with van der Waals surface area (Å²) in [7, 11) is 0. The van der Waals surface area contributed by atoms with E-state index >= 15 is 0 Å². The van der Waals surface area contributed by atoms with Gasteiger partial charge in [0, 0.05) is 18.2 Å². The fourth-order valence-electron chi connectivity index (χ4n) is 2.65. The standard InChI is InChI=1S/C14H15ClN2O5/c15-11-7-9(17(21)22)5-4-8(11)6-13(18)16-12-3-1-2-10(12)14(19)20/h4-5,7,10,12H,1-3,6H2,(H,16,18)(H,19,20)/t10-,12+/m1/s1. The van der Waals surface area contributed by atoms with Crippen LogP contribution in [0.5, 0.6) is 0 Å². The molecule has 0 radical (unpaired) electrons. The molecule has 8 heteroatoms. The maximum absolute atomic E-state index is 12.0. The van der Waals surface area contributed by atoms with Crippen LogP contribution in [0.15, 0.2) is 18.2 Å². The summed E-state index contributed by atoms with van der Waals surface area (Å²) in [6, 6.07) is 3.54. The molecular weight excluding hydrogens is 312 g/mol. The topological polar surface area (TPSA) is 110 Å². The van der Waals surface area contributed by atoms with Gasteiger partial charge in [0.05, 0.1) is 22.3 Å². The molecule has 1 amide bonds. The Morgan fingerprint density at radius 1 is 1.41 bits per heavy atom. The Kier molecular flexibility index (Phi) is 4.97. The summed E-state index contributed by atoms with van der Waals surface area (Å²) in [5.41, 5.74) is 0.325. The monoisotopic (exact) mass is 326 g/mol. The number of rotatable bonds is 5. The van der Waals surface area contributed by atoms with Gasteiger partial charge in [0.2, 0.25) is 5.91 Å². The predicted octanol–water partition coefficient (Wildman–Crippen LogP) is 2.16. The van der Waals surface area contributed by atoms with Crippen LogP contribution in [0.4, 0.5) is 5.69 Å². The van der Waals surface area contributed by atoms with E-state index in [4.69, 9.17) is 16.7 Å². The number of benzene rings is 1. The number of hydrogen-bond donors (Lipinski definition) is 2. The molecule has 0 spiro atoms. The highest BCUT2D eigenvalue weighted by Gasteiger charge is 2.33. The Hall–Kier alpha value is -2.15. The number of nitro benzene ring substituents is 1. The number of carboxylic acids is 1. The Balaban J connectivity index is 2.00. The second kappa shape index (κ2) is 6.74. The maximum atomic E-state index is 12.0. The summed E-state index contributed by atoms with van der Waals surface area (Å²) < 4.78 is 0. The number of carbonyl (C=O) groups excluding carboxylic acids is 1. The smallest absolute Gasteiger partial charge is 0.308 e. The van der Waals surface area contributed by atoms with E-state index in [1.54, 1.807) is 0 Å². The molecule has 1 aliphatic carbocycles. The lowest BCUT2D eigenvalue weighted by atomic mass is 10.0. The van der Waals surface area contributed by atoms with Crippen molar-refractivity contribution < 1.29 is 19.6 Å². The summed E-state index contributed by atoms with van der Waals surface area (Å²) in [6.45, 7) is 0. The summed E-state index contributed by atoms with van der Waals surface area (Å²) in [4.78, 5) is 33.1. The average Bonchev–Trinajstić information content (AvgIpc) is 2.89. The second-order valence-corrected chi connectivity index (χ2v) is 5.67. The minimum absolute atomic E-state index is 0.0420. The molecule has 2 rings (SSSR count). The lowest BCUT2D eigenvalue weighted by molar-refractivity contribution is -0.384. The largest absolute Gasteiger partial charge is 0.481 e. The van der Waals surface area contributed by atoms with Crippen molar-refractivity contribution in [1.82, 2.24) is 5.32 Å². The van der Waals surface area contributed by atoms with E-state index in [0.717, 1.165) is 6.42 Å². The first kappa shape index (κ1) is 16.2. The number of non-ortho nitro benzene ring substituents is 1. The summed E-state index contributed by atoms with van der Waals surface area (Å²) in [5, 5.41) is 22.6. The molecule has 1 aromatic rings. The highest BCUT2D eigenvalue weighted by Crippen LogP contribution is 2.26. The normalized spacial score (nSPS) is 20.6. The highest BCUT2D eigenvalue weighted by molar-refractivity contribution is 6.31. The predicted molar refractivity (Wildman–Crippen MR) is 78.7 cm³/mol. The first-order valence-corrected chi connectivity index (χ1v) is 7.21. The molecular formula is C14H15ClN2O5. The van der Waals surface area contributed by atoms with Crippen molar-refractivity contribution in [2.75, 3.05) is 0 Å². The van der Waals surface area contributed by atoms with Gasteiger partial charge in [-0.25, -0.2) is 0 Å². The molecule has 22 heavy (non-hydrogen) atoms. The molecule has 2 atom stereocenters. The van der Waals surface area contributed by atoms with Gasteiger partial charge in [0.15, 0.2) is 0 Å². The molecule has 118 valence electrons. The van der Waals surface area contributed by atoms with Crippen molar-refractivity contribution in [2.24, 2.45) is 5.92 Å². The third-order valence-corrected chi connectivity index (χ3v) is 4.13. The van der Waals surface area contributed by atoms with Gasteiger partial charge in [-0.3, -0.25) is 19.7 Å². The van der Waals surface area contributed by atoms with Crippen LogP contribution in [-0.2, 0) is 16.0 Å². The highest BCUT2D eigenvalue weighted by atomic mass is 35.5. The van der Waals surface area contributed by atoms with Crippen molar-refractivity contribution in [3.05, 3.63) is 38.9 Å². The molecule has 0 heterocycles. The lowest BCUT2D eigenvalue weighted by Crippen LogP contribution is -2.40. The number of carbonyl (C=O) groups is 2. The average molecular weight is 327 g/mol. The fourth-order valence-corrected chi connectivity index (χ4v) is 2.89. The number of carboxylic acid groups (broad SMARTS) is 1. The first-order chi connectivity index (χ1) is 10.4. The lowest BCUT2D eigenvalue weighted by Gasteiger charge is -2.17. The molecule has 2 N–H and O–H groups in total. The van der Waals surface area contributed by atoms with E-state index in [1.165, 1.54) is 18.2 Å². The van der Waals surface area contributed by atoms with E-state index in [9.17, 15) is 19.7 Å². The van der Waals surface area contributed by atoms with Gasteiger partial charge in [-0.1, -0.05) is 24.1 Å². The van der Waals surface area contributed by atoms with Gasteiger partial charge in [-0.05, 0) is 18.4 Å². The molecule has 0 bridgehead atoms. The zero-order chi connectivity index (χ0) is 16.3. The first-order valence-electron chi connectivity index (χ1n) is 6.83. The number of amides is 1. The number of halogens is 1. The zero-order valence-corrected chi connectivity index (χ0v) is 12.4. The Labute approximate surface area is 131 Å². The van der Waals surface area contributed by atoms with Crippen LogP contribution in [0.1, 0.15) is 24.8 Å². The quantitative estimate of drug-likeness (QED) is 0.636. The third-order valence-electron chi connectivity index (χ3n) is 3.78. The van der Waals surface area contributed by atoms with Crippen molar-refractivity contribution in [1.29, 1.82) is 0 Å². The van der Waals surface area contributed by atoms with Gasteiger partial charge in [0.1, 0.15) is 0 Å². The van der Waals surface area contributed by atoms with Crippen molar-refractivity contribution in [3.8, 4) is 0 Å². The van der Waals surface area contributed by atoms with Gasteiger partial charge >= 0.3 is 5.97 Å². The van der Waals surface area contributed by atoms with Crippen LogP contribution in [0.2, 0.25) is 5.02 Å². The molecule has 1 aromatic carbocycles. The second-order valence-electron chi connectivity index (χ2n) is 5.26. The van der Waals surface area contributed by atoms with Gasteiger partial charge in [-0.2, -0.15) is 0 Å². The van der Waals surface area contributed by atoms with Crippen molar-refractivity contribution in [2.45, 2.75) is 31.7 Å².